The van der Waals surface area contributed by atoms with E-state index in [1.165, 1.54) is 0 Å². The zero-order chi connectivity index (χ0) is 6.85. The summed E-state index contributed by atoms with van der Waals surface area (Å²) in [5.41, 5.74) is 0. The molecule has 9 heavy (non-hydrogen) atoms. The fourth-order valence-electron chi connectivity index (χ4n) is 0.918. The molecule has 3 N–H and O–H groups in total. The predicted molar refractivity (Wildman–Crippen MR) is 29.8 cm³/mol. The number of rotatable bonds is 1. The highest BCUT2D eigenvalue weighted by Crippen LogP contribution is 2.09. The Bertz CT molecular complexity index is 125. The molecule has 1 rings (SSSR count). The number of carboxylic acid groups (broad SMARTS) is 1. The van der Waals surface area contributed by atoms with Crippen LogP contribution in [0.2, 0.25) is 0 Å². The van der Waals surface area contributed by atoms with E-state index < -0.39 is 18.2 Å². The Morgan fingerprint density at radius 1 is 1.56 bits per heavy atom. The van der Waals surface area contributed by atoms with Crippen LogP contribution in [0.1, 0.15) is 12.8 Å². The Balaban J connectivity index is 2.39. The van der Waals surface area contributed by atoms with Gasteiger partial charge in [-0.05, 0) is 12.8 Å². The van der Waals surface area contributed by atoms with Crippen LogP contribution in [0, 0.1) is 0 Å². The monoisotopic (exact) mass is 131 g/mol. The summed E-state index contributed by atoms with van der Waals surface area (Å²) in [5, 5.41) is 19.6. The number of carboxylic acids is 1. The first kappa shape index (κ1) is 6.51. The third-order valence-corrected chi connectivity index (χ3v) is 1.42. The van der Waals surface area contributed by atoms with E-state index in [0.29, 0.717) is 12.8 Å². The van der Waals surface area contributed by atoms with Gasteiger partial charge >= 0.3 is 5.97 Å². The lowest BCUT2D eigenvalue weighted by Crippen LogP contribution is -2.34. The summed E-state index contributed by atoms with van der Waals surface area (Å²) >= 11 is 0. The van der Waals surface area contributed by atoms with Crippen LogP contribution in [0.3, 0.4) is 0 Å². The van der Waals surface area contributed by atoms with Gasteiger partial charge in [-0.1, -0.05) is 0 Å². The molecule has 1 unspecified atom stereocenters. The number of aliphatic hydroxyl groups excluding tert-OH is 1. The maximum atomic E-state index is 10.2. The molecule has 0 aromatic carbocycles. The Morgan fingerprint density at radius 3 is 2.44 bits per heavy atom. The van der Waals surface area contributed by atoms with Gasteiger partial charge in [-0.3, -0.25) is 10.1 Å². The van der Waals surface area contributed by atoms with Gasteiger partial charge < -0.3 is 10.2 Å². The first-order valence-corrected chi connectivity index (χ1v) is 2.87. The van der Waals surface area contributed by atoms with Gasteiger partial charge in [0, 0.05) is 0 Å². The minimum absolute atomic E-state index is 0.524. The summed E-state index contributed by atoms with van der Waals surface area (Å²) in [7, 11) is 0. The van der Waals surface area contributed by atoms with Crippen LogP contribution in [0.4, 0.5) is 0 Å². The van der Waals surface area contributed by atoms with Crippen molar-refractivity contribution in [3.05, 3.63) is 0 Å². The molecule has 0 amide bonds. The van der Waals surface area contributed by atoms with Crippen LogP contribution in [0.15, 0.2) is 0 Å². The molecule has 1 fully saturated rings. The second-order valence-corrected chi connectivity index (χ2v) is 2.15. The van der Waals surface area contributed by atoms with Crippen molar-refractivity contribution in [2.24, 2.45) is 0 Å². The van der Waals surface area contributed by atoms with Gasteiger partial charge in [-0.25, -0.2) is 0 Å². The fraction of sp³-hybridized carbons (Fsp3) is 0.800. The lowest BCUT2D eigenvalue weighted by Gasteiger charge is -2.03. The molecular formula is C5H9NO3. The molecule has 4 heteroatoms. The Kier molecular flexibility index (Phi) is 1.68. The van der Waals surface area contributed by atoms with E-state index in [2.05, 4.69) is 5.32 Å². The van der Waals surface area contributed by atoms with Gasteiger partial charge in [-0.2, -0.15) is 0 Å². The molecule has 2 atom stereocenters. The summed E-state index contributed by atoms with van der Waals surface area (Å²) < 4.78 is 0. The van der Waals surface area contributed by atoms with Gasteiger partial charge in [0.2, 0.25) is 0 Å². The summed E-state index contributed by atoms with van der Waals surface area (Å²) in [4.78, 5) is 10.2. The Labute approximate surface area is 52.5 Å². The molecule has 0 bridgehead atoms. The first-order chi connectivity index (χ1) is 4.20. The predicted octanol–water partition coefficient (Wildman–Crippen LogP) is -0.859. The standard InChI is InChI=1S/C5H9NO3/c7-4-2-1-3(6-4)5(8)9/h3-4,6-7H,1-2H2,(H,8,9)/t3-,4?/m1/s1. The molecule has 1 aliphatic heterocycles. The van der Waals surface area contributed by atoms with E-state index in [1.54, 1.807) is 0 Å². The highest BCUT2D eigenvalue weighted by molar-refractivity contribution is 5.73. The Hall–Kier alpha value is -0.610. The molecule has 52 valence electrons. The smallest absolute Gasteiger partial charge is 0.320 e. The van der Waals surface area contributed by atoms with Crippen molar-refractivity contribution < 1.29 is 15.0 Å². The van der Waals surface area contributed by atoms with Crippen molar-refractivity contribution in [3.8, 4) is 0 Å². The van der Waals surface area contributed by atoms with E-state index in [0.717, 1.165) is 0 Å². The molecule has 0 aromatic rings. The molecule has 1 saturated heterocycles. The topological polar surface area (TPSA) is 69.6 Å². The third kappa shape index (κ3) is 1.40. The van der Waals surface area contributed by atoms with Crippen molar-refractivity contribution in [2.45, 2.75) is 25.1 Å². The lowest BCUT2D eigenvalue weighted by atomic mass is 10.2. The van der Waals surface area contributed by atoms with E-state index in [4.69, 9.17) is 10.2 Å². The van der Waals surface area contributed by atoms with Crippen LogP contribution < -0.4 is 5.32 Å². The zero-order valence-electron chi connectivity index (χ0n) is 4.87. The van der Waals surface area contributed by atoms with Crippen LogP contribution in [0.25, 0.3) is 0 Å². The van der Waals surface area contributed by atoms with Gasteiger partial charge in [0.15, 0.2) is 0 Å². The zero-order valence-corrected chi connectivity index (χ0v) is 4.87. The molecule has 0 spiro atoms. The normalized spacial score (nSPS) is 34.8. The summed E-state index contributed by atoms with van der Waals surface area (Å²) in [6, 6.07) is -0.542. The Morgan fingerprint density at radius 2 is 2.22 bits per heavy atom. The number of aliphatic carboxylic acids is 1. The number of hydrogen-bond acceptors (Lipinski definition) is 3. The number of carbonyl (C=O) groups is 1. The van der Waals surface area contributed by atoms with E-state index in [1.807, 2.05) is 0 Å². The summed E-state index contributed by atoms with van der Waals surface area (Å²) in [6.45, 7) is 0. The average molecular weight is 131 g/mol. The van der Waals surface area contributed by atoms with E-state index in [9.17, 15) is 4.79 Å². The quantitative estimate of drug-likeness (QED) is 0.433. The first-order valence-electron chi connectivity index (χ1n) is 2.87. The molecule has 0 aliphatic carbocycles. The van der Waals surface area contributed by atoms with E-state index in [-0.39, 0.29) is 0 Å². The number of hydrogen-bond donors (Lipinski definition) is 3. The van der Waals surface area contributed by atoms with Gasteiger partial charge in [0.25, 0.3) is 0 Å². The van der Waals surface area contributed by atoms with Gasteiger partial charge in [0.1, 0.15) is 12.3 Å². The van der Waals surface area contributed by atoms with Crippen molar-refractivity contribution in [2.75, 3.05) is 0 Å². The van der Waals surface area contributed by atoms with Crippen LogP contribution in [-0.4, -0.2) is 28.5 Å². The maximum absolute atomic E-state index is 10.2. The lowest BCUT2D eigenvalue weighted by molar-refractivity contribution is -0.139. The summed E-state index contributed by atoms with van der Waals surface area (Å²) in [5.74, 6) is -0.883. The highest BCUT2D eigenvalue weighted by Gasteiger charge is 2.26. The maximum Gasteiger partial charge on any atom is 0.320 e. The van der Waals surface area contributed by atoms with Crippen molar-refractivity contribution in [1.82, 2.24) is 5.32 Å². The van der Waals surface area contributed by atoms with Crippen molar-refractivity contribution >= 4 is 5.97 Å². The average Bonchev–Trinajstić information content (AvgIpc) is 2.14. The number of nitrogens with one attached hydrogen (secondary N) is 1. The number of aliphatic hydroxyl groups is 1. The molecule has 0 aromatic heterocycles. The van der Waals surface area contributed by atoms with Crippen LogP contribution >= 0.6 is 0 Å². The molecule has 1 heterocycles. The molecule has 4 nitrogen and oxygen atoms in total. The fourth-order valence-corrected chi connectivity index (χ4v) is 0.918. The SMILES string of the molecule is O=C(O)[C@H]1CCC(O)N1. The molecule has 1 aliphatic rings. The molecule has 0 radical (unpaired) electrons. The van der Waals surface area contributed by atoms with Gasteiger partial charge in [-0.15, -0.1) is 0 Å². The van der Waals surface area contributed by atoms with Crippen LogP contribution in [0.5, 0.6) is 0 Å². The second kappa shape index (κ2) is 2.33. The minimum atomic E-state index is -0.883. The molecule has 0 saturated carbocycles. The molecular weight excluding hydrogens is 122 g/mol. The van der Waals surface area contributed by atoms with E-state index >= 15 is 0 Å². The summed E-state index contributed by atoms with van der Waals surface area (Å²) in [6.07, 6.45) is 0.444. The van der Waals surface area contributed by atoms with Crippen LogP contribution in [-0.2, 0) is 4.79 Å². The van der Waals surface area contributed by atoms with Gasteiger partial charge in [0.05, 0.1) is 0 Å². The van der Waals surface area contributed by atoms with Crippen molar-refractivity contribution in [1.29, 1.82) is 0 Å². The van der Waals surface area contributed by atoms with Crippen molar-refractivity contribution in [3.63, 3.8) is 0 Å². The third-order valence-electron chi connectivity index (χ3n) is 1.42. The largest absolute Gasteiger partial charge is 0.480 e. The highest BCUT2D eigenvalue weighted by atomic mass is 16.4. The minimum Gasteiger partial charge on any atom is -0.480 e. The second-order valence-electron chi connectivity index (χ2n) is 2.15.